The maximum Gasteiger partial charge on any atom is 0.416 e. The molecule has 1 aromatic carbocycles. The maximum absolute atomic E-state index is 12.5. The second-order valence-corrected chi connectivity index (χ2v) is 3.56. The molecule has 0 heterocycles. The Morgan fingerprint density at radius 2 is 2.05 bits per heavy atom. The second-order valence-electron chi connectivity index (χ2n) is 3.56. The zero-order valence-electron chi connectivity index (χ0n) is 9.95. The highest BCUT2D eigenvalue weighted by Gasteiger charge is 2.30. The molecular formula is C14H12F3NO. The van der Waals surface area contributed by atoms with Gasteiger partial charge in [0.2, 0.25) is 5.91 Å². The quantitative estimate of drug-likeness (QED) is 0.656. The second kappa shape index (κ2) is 6.58. The van der Waals surface area contributed by atoms with E-state index in [1.165, 1.54) is 36.6 Å². The van der Waals surface area contributed by atoms with Crippen LogP contribution in [0.15, 0.2) is 55.3 Å². The monoisotopic (exact) mass is 267 g/mol. The summed E-state index contributed by atoms with van der Waals surface area (Å²) in [6, 6.07) is 4.73. The molecule has 0 atom stereocenters. The lowest BCUT2D eigenvalue weighted by Gasteiger charge is -2.06. The van der Waals surface area contributed by atoms with Gasteiger partial charge >= 0.3 is 6.18 Å². The summed E-state index contributed by atoms with van der Waals surface area (Å²) in [6.45, 7) is 3.42. The molecule has 1 aromatic rings. The van der Waals surface area contributed by atoms with Crippen LogP contribution in [-0.4, -0.2) is 5.91 Å². The molecule has 0 spiro atoms. The number of alkyl halides is 3. The van der Waals surface area contributed by atoms with Crippen LogP contribution < -0.4 is 5.32 Å². The molecule has 0 fully saturated rings. The molecule has 0 unspecified atom stereocenters. The predicted octanol–water partition coefficient (Wildman–Crippen LogP) is 3.53. The van der Waals surface area contributed by atoms with E-state index in [9.17, 15) is 18.0 Å². The van der Waals surface area contributed by atoms with Crippen molar-refractivity contribution in [1.82, 2.24) is 5.32 Å². The minimum atomic E-state index is -4.39. The average Bonchev–Trinajstić information content (AvgIpc) is 2.36. The van der Waals surface area contributed by atoms with E-state index in [0.717, 1.165) is 18.2 Å². The van der Waals surface area contributed by atoms with Gasteiger partial charge in [-0.25, -0.2) is 0 Å². The van der Waals surface area contributed by atoms with Gasteiger partial charge < -0.3 is 5.32 Å². The Labute approximate surface area is 108 Å². The van der Waals surface area contributed by atoms with Crippen LogP contribution in [0, 0.1) is 0 Å². The number of amides is 1. The molecule has 0 radical (unpaired) electrons. The van der Waals surface area contributed by atoms with Gasteiger partial charge in [0, 0.05) is 12.3 Å². The Morgan fingerprint density at radius 3 is 2.68 bits per heavy atom. The number of benzene rings is 1. The fraction of sp³-hybridized carbons (Fsp3) is 0.0714. The fourth-order valence-corrected chi connectivity index (χ4v) is 1.24. The maximum atomic E-state index is 12.5. The van der Waals surface area contributed by atoms with Crippen LogP contribution in [-0.2, 0) is 11.0 Å². The predicted molar refractivity (Wildman–Crippen MR) is 68.0 cm³/mol. The lowest BCUT2D eigenvalue weighted by atomic mass is 10.1. The number of hydrogen-bond acceptors (Lipinski definition) is 1. The van der Waals surface area contributed by atoms with Crippen molar-refractivity contribution in [3.63, 3.8) is 0 Å². The van der Waals surface area contributed by atoms with Crippen molar-refractivity contribution in [2.24, 2.45) is 0 Å². The molecule has 0 aliphatic carbocycles. The van der Waals surface area contributed by atoms with Crippen molar-refractivity contribution in [1.29, 1.82) is 0 Å². The molecule has 1 amide bonds. The summed E-state index contributed by atoms with van der Waals surface area (Å²) >= 11 is 0. The van der Waals surface area contributed by atoms with Crippen LogP contribution in [0.25, 0.3) is 6.08 Å². The third-order valence-corrected chi connectivity index (χ3v) is 2.10. The normalized spacial score (nSPS) is 11.9. The number of halogens is 3. The zero-order valence-corrected chi connectivity index (χ0v) is 9.95. The van der Waals surface area contributed by atoms with Crippen LogP contribution in [0.1, 0.15) is 11.1 Å². The highest BCUT2D eigenvalue weighted by atomic mass is 19.4. The summed E-state index contributed by atoms with van der Waals surface area (Å²) in [5.41, 5.74) is -0.445. The van der Waals surface area contributed by atoms with Crippen LogP contribution >= 0.6 is 0 Å². The van der Waals surface area contributed by atoms with Gasteiger partial charge in [-0.15, -0.1) is 0 Å². The molecule has 19 heavy (non-hydrogen) atoms. The Kier molecular flexibility index (Phi) is 5.11. The summed E-state index contributed by atoms with van der Waals surface area (Å²) in [5.74, 6) is -0.435. The largest absolute Gasteiger partial charge is 0.416 e. The van der Waals surface area contributed by atoms with E-state index in [1.54, 1.807) is 0 Å². The van der Waals surface area contributed by atoms with Crippen molar-refractivity contribution < 1.29 is 18.0 Å². The summed E-state index contributed by atoms with van der Waals surface area (Å²) in [4.78, 5) is 11.3. The fourth-order valence-electron chi connectivity index (χ4n) is 1.24. The SMILES string of the molecule is C=C/C=C\NC(=O)/C=C/c1cccc(C(F)(F)F)c1. The standard InChI is InChI=1S/C14H12F3NO/c1-2-3-9-18-13(19)8-7-11-5-4-6-12(10-11)14(15,16)17/h2-10H,1H2,(H,18,19)/b8-7+,9-3-. The number of allylic oxidation sites excluding steroid dienone is 2. The van der Waals surface area contributed by atoms with Gasteiger partial charge in [0.05, 0.1) is 5.56 Å². The van der Waals surface area contributed by atoms with Crippen molar-refractivity contribution in [2.75, 3.05) is 0 Å². The van der Waals surface area contributed by atoms with E-state index in [1.807, 2.05) is 0 Å². The van der Waals surface area contributed by atoms with Gasteiger partial charge in [0.25, 0.3) is 0 Å². The Balaban J connectivity index is 2.74. The van der Waals surface area contributed by atoms with Crippen LogP contribution in [0.2, 0.25) is 0 Å². The number of nitrogens with one attached hydrogen (secondary N) is 1. The lowest BCUT2D eigenvalue weighted by molar-refractivity contribution is -0.137. The van der Waals surface area contributed by atoms with Crippen LogP contribution in [0.3, 0.4) is 0 Å². The molecule has 0 saturated heterocycles. The minimum Gasteiger partial charge on any atom is -0.329 e. The molecule has 0 aliphatic heterocycles. The van der Waals surface area contributed by atoms with E-state index in [4.69, 9.17) is 0 Å². The lowest BCUT2D eigenvalue weighted by Crippen LogP contribution is -2.13. The summed E-state index contributed by atoms with van der Waals surface area (Å²) in [7, 11) is 0. The first-order chi connectivity index (χ1) is 8.93. The average molecular weight is 267 g/mol. The van der Waals surface area contributed by atoms with E-state index in [2.05, 4.69) is 11.9 Å². The number of hydrogen-bond donors (Lipinski definition) is 1. The van der Waals surface area contributed by atoms with Crippen molar-refractivity contribution in [3.05, 3.63) is 66.4 Å². The van der Waals surface area contributed by atoms with Gasteiger partial charge in [-0.1, -0.05) is 24.8 Å². The third-order valence-electron chi connectivity index (χ3n) is 2.10. The van der Waals surface area contributed by atoms with E-state index in [0.29, 0.717) is 5.56 Å². The molecule has 1 N–H and O–H groups in total. The highest BCUT2D eigenvalue weighted by molar-refractivity contribution is 5.92. The molecule has 0 bridgehead atoms. The number of rotatable bonds is 4. The first-order valence-electron chi connectivity index (χ1n) is 5.37. The number of carbonyl (C=O) groups excluding carboxylic acids is 1. The van der Waals surface area contributed by atoms with Crippen molar-refractivity contribution >= 4 is 12.0 Å². The van der Waals surface area contributed by atoms with E-state index < -0.39 is 17.6 Å². The van der Waals surface area contributed by atoms with Gasteiger partial charge in [-0.2, -0.15) is 13.2 Å². The topological polar surface area (TPSA) is 29.1 Å². The van der Waals surface area contributed by atoms with Crippen molar-refractivity contribution in [3.8, 4) is 0 Å². The number of carbonyl (C=O) groups is 1. The first-order valence-corrected chi connectivity index (χ1v) is 5.37. The van der Waals surface area contributed by atoms with E-state index >= 15 is 0 Å². The summed E-state index contributed by atoms with van der Waals surface area (Å²) in [6.07, 6.45) is 2.46. The first kappa shape index (κ1) is 14.8. The van der Waals surface area contributed by atoms with Crippen LogP contribution in [0.5, 0.6) is 0 Å². The Hall–Kier alpha value is -2.30. The van der Waals surface area contributed by atoms with Gasteiger partial charge in [-0.05, 0) is 29.8 Å². The van der Waals surface area contributed by atoms with Gasteiger partial charge in [0.1, 0.15) is 0 Å². The molecular weight excluding hydrogens is 255 g/mol. The van der Waals surface area contributed by atoms with Crippen LogP contribution in [0.4, 0.5) is 13.2 Å². The molecule has 0 saturated carbocycles. The highest BCUT2D eigenvalue weighted by Crippen LogP contribution is 2.29. The van der Waals surface area contributed by atoms with Gasteiger partial charge in [-0.3, -0.25) is 4.79 Å². The third kappa shape index (κ3) is 5.25. The summed E-state index contributed by atoms with van der Waals surface area (Å²) < 4.78 is 37.4. The molecule has 1 rings (SSSR count). The van der Waals surface area contributed by atoms with E-state index in [-0.39, 0.29) is 0 Å². The summed E-state index contributed by atoms with van der Waals surface area (Å²) in [5, 5.41) is 2.40. The van der Waals surface area contributed by atoms with Crippen molar-refractivity contribution in [2.45, 2.75) is 6.18 Å². The Bertz CT molecular complexity index is 516. The molecule has 0 aliphatic rings. The zero-order chi connectivity index (χ0) is 14.3. The molecule has 0 aromatic heterocycles. The Morgan fingerprint density at radius 1 is 1.32 bits per heavy atom. The molecule has 5 heteroatoms. The smallest absolute Gasteiger partial charge is 0.329 e. The van der Waals surface area contributed by atoms with Gasteiger partial charge in [0.15, 0.2) is 0 Å². The molecule has 2 nitrogen and oxygen atoms in total. The minimum absolute atomic E-state index is 0.303. The molecule has 100 valence electrons.